The average molecular weight is 261 g/mol. The number of ketones is 1. The van der Waals surface area contributed by atoms with Gasteiger partial charge in [-0.3, -0.25) is 4.79 Å². The van der Waals surface area contributed by atoms with Crippen molar-refractivity contribution in [2.45, 2.75) is 26.7 Å². The third-order valence-electron chi connectivity index (χ3n) is 2.01. The summed E-state index contributed by atoms with van der Waals surface area (Å²) < 4.78 is 0.936. The minimum Gasteiger partial charge on any atom is -0.293 e. The van der Waals surface area contributed by atoms with Crippen LogP contribution in [-0.2, 0) is 0 Å². The smallest absolute Gasteiger partial charge is 0.176 e. The highest BCUT2D eigenvalue weighted by Gasteiger charge is 2.17. The molecule has 1 aromatic rings. The molecule has 72 valence electrons. The largest absolute Gasteiger partial charge is 0.293 e. The molecule has 3 heteroatoms. The van der Waals surface area contributed by atoms with Crippen molar-refractivity contribution in [1.29, 1.82) is 0 Å². The highest BCUT2D eigenvalue weighted by molar-refractivity contribution is 9.10. The van der Waals surface area contributed by atoms with Gasteiger partial charge in [-0.1, -0.05) is 20.3 Å². The third-order valence-corrected chi connectivity index (χ3v) is 3.86. The second-order valence-corrected chi connectivity index (χ2v) is 4.92. The van der Waals surface area contributed by atoms with Gasteiger partial charge in [0.05, 0.1) is 4.88 Å². The summed E-state index contributed by atoms with van der Waals surface area (Å²) in [4.78, 5) is 12.7. The Morgan fingerprint density at radius 3 is 2.85 bits per heavy atom. The lowest BCUT2D eigenvalue weighted by atomic mass is 10.0. The lowest BCUT2D eigenvalue weighted by molar-refractivity contribution is 0.0927. The van der Waals surface area contributed by atoms with Gasteiger partial charge in [0.15, 0.2) is 5.78 Å². The van der Waals surface area contributed by atoms with Crippen molar-refractivity contribution in [3.05, 3.63) is 20.8 Å². The van der Waals surface area contributed by atoms with E-state index in [1.165, 1.54) is 11.3 Å². The highest BCUT2D eigenvalue weighted by Crippen LogP contribution is 2.26. The molecular formula is C10H13BrOS. The van der Waals surface area contributed by atoms with Gasteiger partial charge in [0.2, 0.25) is 0 Å². The van der Waals surface area contributed by atoms with Gasteiger partial charge in [0, 0.05) is 10.4 Å². The average Bonchev–Trinajstić information content (AvgIpc) is 2.50. The second-order valence-electron chi connectivity index (χ2n) is 3.15. The summed E-state index contributed by atoms with van der Waals surface area (Å²) >= 11 is 4.89. The van der Waals surface area contributed by atoms with Crippen LogP contribution >= 0.6 is 27.3 Å². The van der Waals surface area contributed by atoms with Crippen LogP contribution in [0.3, 0.4) is 0 Å². The van der Waals surface area contributed by atoms with Crippen molar-refractivity contribution in [3.63, 3.8) is 0 Å². The molecule has 0 bridgehead atoms. The molecule has 0 spiro atoms. The number of halogens is 1. The number of thiophene rings is 1. The van der Waals surface area contributed by atoms with Gasteiger partial charge < -0.3 is 0 Å². The molecule has 1 rings (SSSR count). The van der Waals surface area contributed by atoms with Crippen LogP contribution in [0.1, 0.15) is 36.4 Å². The van der Waals surface area contributed by atoms with E-state index in [1.807, 2.05) is 18.4 Å². The molecule has 0 radical (unpaired) electrons. The van der Waals surface area contributed by atoms with Crippen molar-refractivity contribution < 1.29 is 4.79 Å². The van der Waals surface area contributed by atoms with Crippen LogP contribution in [0.2, 0.25) is 0 Å². The summed E-state index contributed by atoms with van der Waals surface area (Å²) in [7, 11) is 0. The molecule has 0 saturated heterocycles. The van der Waals surface area contributed by atoms with Gasteiger partial charge in [-0.15, -0.1) is 11.3 Å². The minimum absolute atomic E-state index is 0.153. The molecule has 1 atom stereocenters. The summed E-state index contributed by atoms with van der Waals surface area (Å²) in [6.45, 7) is 4.10. The Morgan fingerprint density at radius 1 is 1.69 bits per heavy atom. The van der Waals surface area contributed by atoms with Gasteiger partial charge >= 0.3 is 0 Å². The molecule has 0 saturated carbocycles. The van der Waals surface area contributed by atoms with E-state index in [1.54, 1.807) is 0 Å². The Labute approximate surface area is 91.3 Å². The molecule has 0 aliphatic heterocycles. The Balaban J connectivity index is 2.73. The van der Waals surface area contributed by atoms with Gasteiger partial charge in [0.1, 0.15) is 0 Å². The van der Waals surface area contributed by atoms with E-state index in [0.29, 0.717) is 0 Å². The Hall–Kier alpha value is -0.150. The number of hydrogen-bond donors (Lipinski definition) is 0. The van der Waals surface area contributed by atoms with Gasteiger partial charge in [-0.25, -0.2) is 0 Å². The van der Waals surface area contributed by atoms with E-state index in [9.17, 15) is 4.79 Å². The molecule has 0 aliphatic rings. The zero-order valence-corrected chi connectivity index (χ0v) is 10.2. The van der Waals surface area contributed by atoms with E-state index < -0.39 is 0 Å². The zero-order valence-electron chi connectivity index (χ0n) is 7.84. The van der Waals surface area contributed by atoms with Crippen molar-refractivity contribution in [1.82, 2.24) is 0 Å². The predicted octanol–water partition coefficient (Wildman–Crippen LogP) is 4.13. The van der Waals surface area contributed by atoms with Crippen LogP contribution in [-0.4, -0.2) is 5.78 Å². The van der Waals surface area contributed by atoms with Crippen LogP contribution in [0, 0.1) is 5.92 Å². The second kappa shape index (κ2) is 4.91. The summed E-state index contributed by atoms with van der Waals surface area (Å²) in [5, 5.41) is 1.94. The monoisotopic (exact) mass is 260 g/mol. The van der Waals surface area contributed by atoms with Gasteiger partial charge in [0.25, 0.3) is 0 Å². The molecular weight excluding hydrogens is 248 g/mol. The van der Waals surface area contributed by atoms with Crippen molar-refractivity contribution in [2.24, 2.45) is 5.92 Å². The van der Waals surface area contributed by atoms with Gasteiger partial charge in [-0.05, 0) is 33.8 Å². The van der Waals surface area contributed by atoms with Crippen LogP contribution in [0.25, 0.3) is 0 Å². The fourth-order valence-corrected chi connectivity index (χ4v) is 2.88. The molecule has 0 amide bonds. The van der Waals surface area contributed by atoms with Crippen LogP contribution in [0.5, 0.6) is 0 Å². The number of rotatable bonds is 4. The summed E-state index contributed by atoms with van der Waals surface area (Å²) in [5.41, 5.74) is 0. The van der Waals surface area contributed by atoms with Crippen LogP contribution < -0.4 is 0 Å². The van der Waals surface area contributed by atoms with E-state index in [0.717, 1.165) is 22.2 Å². The lowest BCUT2D eigenvalue weighted by Gasteiger charge is -2.06. The molecule has 1 aromatic heterocycles. The van der Waals surface area contributed by atoms with E-state index in [2.05, 4.69) is 22.9 Å². The third kappa shape index (κ3) is 2.64. The lowest BCUT2D eigenvalue weighted by Crippen LogP contribution is -2.09. The number of Topliss-reactive ketones (excluding diaryl/α,β-unsaturated/α-hetero) is 1. The maximum absolute atomic E-state index is 11.8. The summed E-state index contributed by atoms with van der Waals surface area (Å²) in [5.74, 6) is 0.420. The topological polar surface area (TPSA) is 17.1 Å². The minimum atomic E-state index is 0.153. The molecule has 1 unspecified atom stereocenters. The molecule has 13 heavy (non-hydrogen) atoms. The first-order valence-electron chi connectivity index (χ1n) is 4.44. The van der Waals surface area contributed by atoms with Gasteiger partial charge in [-0.2, -0.15) is 0 Å². The first-order chi connectivity index (χ1) is 6.16. The number of carbonyl (C=O) groups excluding carboxylic acids is 1. The van der Waals surface area contributed by atoms with Crippen molar-refractivity contribution in [3.8, 4) is 0 Å². The maximum atomic E-state index is 11.8. The maximum Gasteiger partial charge on any atom is 0.176 e. The van der Waals surface area contributed by atoms with Crippen LogP contribution in [0.15, 0.2) is 15.9 Å². The Morgan fingerprint density at radius 2 is 2.38 bits per heavy atom. The molecule has 1 nitrogen and oxygen atoms in total. The highest BCUT2D eigenvalue weighted by atomic mass is 79.9. The molecule has 0 aromatic carbocycles. The quantitative estimate of drug-likeness (QED) is 0.745. The van der Waals surface area contributed by atoms with E-state index >= 15 is 0 Å². The predicted molar refractivity (Wildman–Crippen MR) is 60.4 cm³/mol. The Kier molecular flexibility index (Phi) is 4.13. The summed E-state index contributed by atoms with van der Waals surface area (Å²) in [6.07, 6.45) is 2.04. The SMILES string of the molecule is CCCC(C)C(=O)c1sccc1Br. The molecule has 1 heterocycles. The standard InChI is InChI=1S/C10H13BrOS/c1-3-4-7(2)9(12)10-8(11)5-6-13-10/h5-7H,3-4H2,1-2H3. The fourth-order valence-electron chi connectivity index (χ4n) is 1.26. The normalized spacial score (nSPS) is 12.8. The summed E-state index contributed by atoms with van der Waals surface area (Å²) in [6, 6.07) is 1.93. The number of carbonyl (C=O) groups is 1. The molecule has 0 N–H and O–H groups in total. The number of hydrogen-bond acceptors (Lipinski definition) is 2. The fraction of sp³-hybridized carbons (Fsp3) is 0.500. The van der Waals surface area contributed by atoms with Crippen molar-refractivity contribution in [2.75, 3.05) is 0 Å². The van der Waals surface area contributed by atoms with Crippen LogP contribution in [0.4, 0.5) is 0 Å². The molecule has 0 aliphatic carbocycles. The van der Waals surface area contributed by atoms with E-state index in [-0.39, 0.29) is 11.7 Å². The Bertz CT molecular complexity index is 293. The van der Waals surface area contributed by atoms with Crippen molar-refractivity contribution >= 4 is 33.0 Å². The van der Waals surface area contributed by atoms with E-state index in [4.69, 9.17) is 0 Å². The zero-order chi connectivity index (χ0) is 9.84. The molecule has 0 fully saturated rings. The first-order valence-corrected chi connectivity index (χ1v) is 6.11. The first kappa shape index (κ1) is 10.9.